The van der Waals surface area contributed by atoms with E-state index in [1.165, 1.54) is 11.8 Å². The summed E-state index contributed by atoms with van der Waals surface area (Å²) < 4.78 is 19.9. The highest BCUT2D eigenvalue weighted by atomic mass is 32.2. The van der Waals surface area contributed by atoms with Gasteiger partial charge in [0.05, 0.1) is 38.3 Å². The number of hydrogen-bond donors (Lipinski definition) is 1. The molecular weight excluding hydrogens is 518 g/mol. The highest BCUT2D eigenvalue weighted by Gasteiger charge is 2.18. The lowest BCUT2D eigenvalue weighted by molar-refractivity contribution is -0.113. The predicted molar refractivity (Wildman–Crippen MR) is 149 cm³/mol. The van der Waals surface area contributed by atoms with Gasteiger partial charge in [0.15, 0.2) is 28.1 Å². The van der Waals surface area contributed by atoms with Gasteiger partial charge in [0, 0.05) is 41.9 Å². The molecule has 0 aliphatic rings. The molecule has 0 saturated heterocycles. The van der Waals surface area contributed by atoms with Gasteiger partial charge in [-0.3, -0.25) is 9.48 Å². The summed E-state index contributed by atoms with van der Waals surface area (Å²) in [6.07, 6.45) is 0.582. The highest BCUT2D eigenvalue weighted by Crippen LogP contribution is 2.34. The van der Waals surface area contributed by atoms with E-state index in [9.17, 15) is 4.79 Å². The lowest BCUT2D eigenvalue weighted by Gasteiger charge is -2.11. The number of anilines is 1. The summed E-state index contributed by atoms with van der Waals surface area (Å²) in [6.45, 7) is 4.64. The van der Waals surface area contributed by atoms with Crippen molar-refractivity contribution in [3.8, 4) is 17.2 Å². The quantitative estimate of drug-likeness (QED) is 0.204. The highest BCUT2D eigenvalue weighted by molar-refractivity contribution is 7.99. The van der Waals surface area contributed by atoms with E-state index in [0.29, 0.717) is 58.0 Å². The molecule has 0 aliphatic carbocycles. The minimum atomic E-state index is -0.180. The largest absolute Gasteiger partial charge is 0.497 e. The third-order valence-corrected chi connectivity index (χ3v) is 7.06. The second-order valence-electron chi connectivity index (χ2n) is 8.85. The Hall–Kier alpha value is -4.32. The number of nitrogens with zero attached hydrogens (tertiary/aromatic N) is 6. The Labute approximate surface area is 229 Å². The maximum absolute atomic E-state index is 12.8. The maximum atomic E-state index is 12.8. The number of rotatable bonds is 10. The zero-order valence-electron chi connectivity index (χ0n) is 22.4. The van der Waals surface area contributed by atoms with Crippen molar-refractivity contribution in [3.05, 3.63) is 59.7 Å². The number of carbonyl (C=O) groups excluding carboxylic acids is 1. The van der Waals surface area contributed by atoms with E-state index in [4.69, 9.17) is 29.3 Å². The topological polar surface area (TPSA) is 118 Å². The van der Waals surface area contributed by atoms with E-state index in [2.05, 4.69) is 10.4 Å². The monoisotopic (exact) mass is 547 g/mol. The minimum absolute atomic E-state index is 0.124. The molecular formula is C27H29N7O4S. The average molecular weight is 548 g/mol. The molecule has 5 aromatic rings. The van der Waals surface area contributed by atoms with Crippen LogP contribution in [0.4, 0.5) is 5.69 Å². The van der Waals surface area contributed by atoms with Crippen LogP contribution < -0.4 is 19.5 Å². The van der Waals surface area contributed by atoms with E-state index in [-0.39, 0.29) is 11.7 Å². The lowest BCUT2D eigenvalue weighted by Crippen LogP contribution is -2.14. The van der Waals surface area contributed by atoms with Crippen molar-refractivity contribution in [2.45, 2.75) is 32.0 Å². The SMILES string of the molecule is COc1cccc(NC(=O)CSc2nc3cc(OC)c(OC)cc3c3nc(CCn4nc(C)cc4C)nn23)c1. The van der Waals surface area contributed by atoms with Crippen molar-refractivity contribution < 1.29 is 19.0 Å². The van der Waals surface area contributed by atoms with Crippen LogP contribution in [0.15, 0.2) is 47.6 Å². The van der Waals surface area contributed by atoms with E-state index < -0.39 is 0 Å². The molecule has 1 amide bonds. The van der Waals surface area contributed by atoms with Crippen LogP contribution in [0, 0.1) is 13.8 Å². The number of thioether (sulfide) groups is 1. The summed E-state index contributed by atoms with van der Waals surface area (Å²) in [6, 6.07) is 12.9. The molecule has 39 heavy (non-hydrogen) atoms. The number of hydrogen-bond acceptors (Lipinski definition) is 9. The van der Waals surface area contributed by atoms with Crippen LogP contribution in [-0.2, 0) is 17.8 Å². The number of fused-ring (bicyclic) bond motifs is 3. The van der Waals surface area contributed by atoms with Crippen LogP contribution in [0.25, 0.3) is 16.6 Å². The van der Waals surface area contributed by atoms with Crippen LogP contribution in [0.2, 0.25) is 0 Å². The zero-order valence-corrected chi connectivity index (χ0v) is 23.2. The van der Waals surface area contributed by atoms with E-state index >= 15 is 0 Å². The molecule has 2 aromatic carbocycles. The fourth-order valence-electron chi connectivity index (χ4n) is 4.29. The smallest absolute Gasteiger partial charge is 0.234 e. The second-order valence-corrected chi connectivity index (χ2v) is 9.79. The van der Waals surface area contributed by atoms with Crippen LogP contribution in [-0.4, -0.2) is 62.4 Å². The fourth-order valence-corrected chi connectivity index (χ4v) is 5.03. The van der Waals surface area contributed by atoms with Gasteiger partial charge in [-0.2, -0.15) is 9.61 Å². The van der Waals surface area contributed by atoms with Crippen molar-refractivity contribution >= 4 is 39.9 Å². The molecule has 0 atom stereocenters. The molecule has 5 rings (SSSR count). The molecule has 3 heterocycles. The first kappa shape index (κ1) is 26.3. The summed E-state index contributed by atoms with van der Waals surface area (Å²) in [5.41, 5.74) is 3.99. The summed E-state index contributed by atoms with van der Waals surface area (Å²) >= 11 is 1.28. The zero-order chi connectivity index (χ0) is 27.5. The normalized spacial score (nSPS) is 11.2. The standard InChI is InChI=1S/C27H29N7O4S/c1-16-11-17(2)33(31-16)10-9-24-30-26-20-13-22(37-4)23(38-5)14-21(20)29-27(34(26)32-24)39-15-25(35)28-18-7-6-8-19(12-18)36-3/h6-8,11-14H,9-10,15H2,1-5H3,(H,28,35). The van der Waals surface area contributed by atoms with Crippen LogP contribution in [0.5, 0.6) is 17.2 Å². The average Bonchev–Trinajstić information content (AvgIpc) is 3.51. The summed E-state index contributed by atoms with van der Waals surface area (Å²) in [7, 11) is 4.75. The third-order valence-electron chi connectivity index (χ3n) is 6.13. The van der Waals surface area contributed by atoms with Gasteiger partial charge in [0.2, 0.25) is 5.91 Å². The fraction of sp³-hybridized carbons (Fsp3) is 0.296. The van der Waals surface area contributed by atoms with Gasteiger partial charge in [0.1, 0.15) is 5.75 Å². The molecule has 12 heteroatoms. The summed E-state index contributed by atoms with van der Waals surface area (Å²) in [5.74, 6) is 2.38. The second kappa shape index (κ2) is 11.2. The van der Waals surface area contributed by atoms with Gasteiger partial charge in [0.25, 0.3) is 0 Å². The van der Waals surface area contributed by atoms with Gasteiger partial charge in [-0.1, -0.05) is 17.8 Å². The van der Waals surface area contributed by atoms with Gasteiger partial charge < -0.3 is 19.5 Å². The molecule has 0 bridgehead atoms. The van der Waals surface area contributed by atoms with Crippen molar-refractivity contribution in [2.75, 3.05) is 32.4 Å². The number of carbonyl (C=O) groups is 1. The first-order chi connectivity index (χ1) is 18.9. The predicted octanol–water partition coefficient (Wildman–Crippen LogP) is 4.09. The third kappa shape index (κ3) is 5.60. The molecule has 3 aromatic heterocycles. The molecule has 0 spiro atoms. The summed E-state index contributed by atoms with van der Waals surface area (Å²) in [4.78, 5) is 22.4. The van der Waals surface area contributed by atoms with E-state index in [1.807, 2.05) is 48.9 Å². The molecule has 0 aliphatic heterocycles. The van der Waals surface area contributed by atoms with E-state index in [0.717, 1.165) is 16.8 Å². The molecule has 11 nitrogen and oxygen atoms in total. The Bertz CT molecular complexity index is 1660. The molecule has 202 valence electrons. The number of nitrogens with one attached hydrogen (secondary N) is 1. The summed E-state index contributed by atoms with van der Waals surface area (Å²) in [5, 5.41) is 13.5. The minimum Gasteiger partial charge on any atom is -0.497 e. The first-order valence-electron chi connectivity index (χ1n) is 12.3. The van der Waals surface area contributed by atoms with Gasteiger partial charge >= 0.3 is 0 Å². The molecule has 0 unspecified atom stereocenters. The van der Waals surface area contributed by atoms with Crippen molar-refractivity contribution in [3.63, 3.8) is 0 Å². The number of benzene rings is 2. The Morgan fingerprint density at radius 1 is 0.974 bits per heavy atom. The number of aromatic nitrogens is 6. The van der Waals surface area contributed by atoms with Crippen molar-refractivity contribution in [1.29, 1.82) is 0 Å². The van der Waals surface area contributed by atoms with Crippen molar-refractivity contribution in [1.82, 2.24) is 29.4 Å². The first-order valence-corrected chi connectivity index (χ1v) is 13.3. The molecule has 0 radical (unpaired) electrons. The Kier molecular flexibility index (Phi) is 7.55. The Morgan fingerprint density at radius 3 is 2.49 bits per heavy atom. The molecule has 0 fully saturated rings. The van der Waals surface area contributed by atoms with Gasteiger partial charge in [-0.15, -0.1) is 5.10 Å². The van der Waals surface area contributed by atoms with Gasteiger partial charge in [-0.25, -0.2) is 9.97 Å². The number of ether oxygens (including phenoxy) is 3. The lowest BCUT2D eigenvalue weighted by atomic mass is 10.2. The van der Waals surface area contributed by atoms with Crippen LogP contribution in [0.1, 0.15) is 17.2 Å². The number of aryl methyl sites for hydroxylation is 4. The number of methoxy groups -OCH3 is 3. The van der Waals surface area contributed by atoms with Crippen molar-refractivity contribution in [2.24, 2.45) is 0 Å². The van der Waals surface area contributed by atoms with Crippen LogP contribution in [0.3, 0.4) is 0 Å². The number of amides is 1. The molecule has 1 N–H and O–H groups in total. The van der Waals surface area contributed by atoms with E-state index in [1.54, 1.807) is 38.0 Å². The Balaban J connectivity index is 1.46. The Morgan fingerprint density at radius 2 is 1.77 bits per heavy atom. The maximum Gasteiger partial charge on any atom is 0.234 e. The van der Waals surface area contributed by atoms with Crippen LogP contribution >= 0.6 is 11.8 Å². The molecule has 0 saturated carbocycles. The van der Waals surface area contributed by atoms with Gasteiger partial charge in [-0.05, 0) is 38.1 Å².